The van der Waals surface area contributed by atoms with Crippen LogP contribution in [0.3, 0.4) is 0 Å². The van der Waals surface area contributed by atoms with Crippen molar-refractivity contribution in [3.05, 3.63) is 107 Å². The van der Waals surface area contributed by atoms with Crippen LogP contribution in [-0.4, -0.2) is 57.7 Å². The van der Waals surface area contributed by atoms with Gasteiger partial charge in [0.15, 0.2) is 0 Å². The molecular formula is C27H25FN4O2. The number of hydrogen-bond acceptors (Lipinski definition) is 5. The Hall–Kier alpha value is -3.84. The van der Waals surface area contributed by atoms with Crippen molar-refractivity contribution < 1.29 is 14.0 Å². The summed E-state index contributed by atoms with van der Waals surface area (Å²) in [5.41, 5.74) is 3.15. The van der Waals surface area contributed by atoms with Crippen molar-refractivity contribution in [2.75, 3.05) is 26.2 Å². The van der Waals surface area contributed by atoms with Crippen LogP contribution in [0.25, 0.3) is 5.57 Å². The number of nitrogens with zero attached hydrogens (tertiary/aromatic N) is 4. The fraction of sp³-hybridized carbons (Fsp3) is 0.222. The second-order valence-electron chi connectivity index (χ2n) is 8.50. The van der Waals surface area contributed by atoms with Crippen LogP contribution < -0.4 is 0 Å². The Balaban J connectivity index is 1.40. The van der Waals surface area contributed by atoms with Crippen LogP contribution in [0.5, 0.6) is 0 Å². The molecule has 0 aliphatic carbocycles. The van der Waals surface area contributed by atoms with E-state index in [-0.39, 0.29) is 24.2 Å². The molecule has 0 radical (unpaired) electrons. The predicted molar refractivity (Wildman–Crippen MR) is 126 cm³/mol. The summed E-state index contributed by atoms with van der Waals surface area (Å²) in [6.07, 6.45) is 1.64. The number of carbonyl (C=O) groups excluding carboxylic acids is 2. The van der Waals surface area contributed by atoms with Crippen molar-refractivity contribution in [3.63, 3.8) is 0 Å². The van der Waals surface area contributed by atoms with Crippen molar-refractivity contribution in [3.8, 4) is 0 Å². The first kappa shape index (κ1) is 22.0. The van der Waals surface area contributed by atoms with E-state index in [1.165, 1.54) is 22.6 Å². The lowest BCUT2D eigenvalue weighted by Crippen LogP contribution is -2.47. The Kier molecular flexibility index (Phi) is 6.18. The molecule has 1 fully saturated rings. The highest BCUT2D eigenvalue weighted by Crippen LogP contribution is 2.33. The molecule has 1 saturated heterocycles. The van der Waals surface area contributed by atoms with Crippen LogP contribution in [0.15, 0.2) is 84.7 Å². The van der Waals surface area contributed by atoms with E-state index in [4.69, 9.17) is 0 Å². The third-order valence-corrected chi connectivity index (χ3v) is 6.26. The van der Waals surface area contributed by atoms with Crippen LogP contribution >= 0.6 is 0 Å². The Morgan fingerprint density at radius 3 is 2.15 bits per heavy atom. The van der Waals surface area contributed by atoms with Crippen LogP contribution in [0, 0.1) is 5.82 Å². The van der Waals surface area contributed by atoms with Crippen molar-refractivity contribution in [1.29, 1.82) is 0 Å². The minimum Gasteiger partial charge on any atom is -0.364 e. The molecule has 0 atom stereocenters. The van der Waals surface area contributed by atoms with Gasteiger partial charge in [-0.25, -0.2) is 4.39 Å². The molecule has 5 rings (SSSR count). The number of benzene rings is 2. The van der Waals surface area contributed by atoms with Gasteiger partial charge in [-0.05, 0) is 35.4 Å². The van der Waals surface area contributed by atoms with E-state index in [1.807, 2.05) is 29.2 Å². The van der Waals surface area contributed by atoms with E-state index in [9.17, 15) is 14.0 Å². The van der Waals surface area contributed by atoms with E-state index in [0.29, 0.717) is 35.6 Å². The lowest BCUT2D eigenvalue weighted by Gasteiger charge is -2.36. The molecule has 172 valence electrons. The van der Waals surface area contributed by atoms with Gasteiger partial charge in [0, 0.05) is 38.9 Å². The van der Waals surface area contributed by atoms with E-state index >= 15 is 0 Å². The minimum atomic E-state index is -0.387. The van der Waals surface area contributed by atoms with Crippen molar-refractivity contribution in [2.45, 2.75) is 13.1 Å². The van der Waals surface area contributed by atoms with Gasteiger partial charge in [0.05, 0.1) is 17.8 Å². The monoisotopic (exact) mass is 456 g/mol. The van der Waals surface area contributed by atoms with E-state index in [2.05, 4.69) is 22.0 Å². The Bertz CT molecular complexity index is 1200. The maximum Gasteiger partial charge on any atom is 0.278 e. The Labute approximate surface area is 197 Å². The molecule has 1 aromatic heterocycles. The maximum atomic E-state index is 13.6. The second-order valence-corrected chi connectivity index (χ2v) is 8.50. The summed E-state index contributed by atoms with van der Waals surface area (Å²) >= 11 is 0. The summed E-state index contributed by atoms with van der Waals surface area (Å²) in [5.74, 6) is -1.09. The van der Waals surface area contributed by atoms with Gasteiger partial charge in [-0.1, -0.05) is 48.5 Å². The van der Waals surface area contributed by atoms with Gasteiger partial charge in [-0.2, -0.15) is 0 Å². The summed E-state index contributed by atoms with van der Waals surface area (Å²) in [7, 11) is 0. The van der Waals surface area contributed by atoms with Gasteiger partial charge in [-0.3, -0.25) is 24.4 Å². The number of imide groups is 1. The van der Waals surface area contributed by atoms with Crippen LogP contribution in [-0.2, 0) is 22.7 Å². The average molecular weight is 457 g/mol. The highest BCUT2D eigenvalue weighted by Gasteiger charge is 2.42. The second kappa shape index (κ2) is 9.57. The molecule has 0 N–H and O–H groups in total. The standard InChI is InChI=1S/C27H25FN4O2/c28-22-11-9-21(10-12-22)24-25(27(34)32(26(24)33)19-23-8-4-5-13-29-23)31-16-14-30(15-17-31)18-20-6-2-1-3-7-20/h1-13H,14-19H2. The maximum absolute atomic E-state index is 13.6. The molecule has 2 aromatic carbocycles. The number of rotatable bonds is 6. The zero-order chi connectivity index (χ0) is 23.5. The summed E-state index contributed by atoms with van der Waals surface area (Å²) in [6.45, 7) is 3.75. The molecule has 0 unspecified atom stereocenters. The van der Waals surface area contributed by atoms with Gasteiger partial charge >= 0.3 is 0 Å². The van der Waals surface area contributed by atoms with Crippen molar-refractivity contribution in [1.82, 2.24) is 19.7 Å². The molecule has 2 aliphatic heterocycles. The molecule has 34 heavy (non-hydrogen) atoms. The van der Waals surface area contributed by atoms with Gasteiger partial charge in [0.2, 0.25) is 0 Å². The fourth-order valence-corrected chi connectivity index (χ4v) is 4.50. The van der Waals surface area contributed by atoms with Crippen molar-refractivity contribution in [2.24, 2.45) is 0 Å². The molecule has 0 saturated carbocycles. The Morgan fingerprint density at radius 1 is 0.765 bits per heavy atom. The number of halogens is 1. The van der Waals surface area contributed by atoms with Gasteiger partial charge < -0.3 is 4.90 Å². The third-order valence-electron chi connectivity index (χ3n) is 6.26. The first-order valence-corrected chi connectivity index (χ1v) is 11.4. The number of aromatic nitrogens is 1. The van der Waals surface area contributed by atoms with Gasteiger partial charge in [0.1, 0.15) is 11.5 Å². The molecule has 2 aliphatic rings. The van der Waals surface area contributed by atoms with Crippen molar-refractivity contribution >= 4 is 17.4 Å². The van der Waals surface area contributed by atoms with Crippen LogP contribution in [0.1, 0.15) is 16.8 Å². The highest BCUT2D eigenvalue weighted by molar-refractivity contribution is 6.35. The number of hydrogen-bond donors (Lipinski definition) is 0. The molecule has 2 amide bonds. The molecular weight excluding hydrogens is 431 g/mol. The average Bonchev–Trinajstić information content (AvgIpc) is 3.11. The lowest BCUT2D eigenvalue weighted by molar-refractivity contribution is -0.138. The SMILES string of the molecule is O=C1C(c2ccc(F)cc2)=C(N2CCN(Cc3ccccc3)CC2)C(=O)N1Cc1ccccn1. The van der Waals surface area contributed by atoms with Gasteiger partial charge in [0.25, 0.3) is 11.8 Å². The van der Waals surface area contributed by atoms with Crippen LogP contribution in [0.4, 0.5) is 4.39 Å². The zero-order valence-electron chi connectivity index (χ0n) is 18.7. The number of amides is 2. The number of piperazine rings is 1. The van der Waals surface area contributed by atoms with E-state index in [0.717, 1.165) is 19.6 Å². The number of carbonyl (C=O) groups is 2. The van der Waals surface area contributed by atoms with Gasteiger partial charge in [-0.15, -0.1) is 0 Å². The molecule has 6 nitrogen and oxygen atoms in total. The summed E-state index contributed by atoms with van der Waals surface area (Å²) in [4.78, 5) is 36.8. The normalized spacial score (nSPS) is 17.1. The lowest BCUT2D eigenvalue weighted by atomic mass is 10.0. The summed E-state index contributed by atoms with van der Waals surface area (Å²) < 4.78 is 13.6. The fourth-order valence-electron chi connectivity index (χ4n) is 4.50. The smallest absolute Gasteiger partial charge is 0.278 e. The third kappa shape index (κ3) is 4.47. The van der Waals surface area contributed by atoms with Crippen LogP contribution in [0.2, 0.25) is 0 Å². The highest BCUT2D eigenvalue weighted by atomic mass is 19.1. The first-order chi connectivity index (χ1) is 16.6. The largest absolute Gasteiger partial charge is 0.364 e. The molecule has 0 spiro atoms. The quantitative estimate of drug-likeness (QED) is 0.533. The molecule has 7 heteroatoms. The summed E-state index contributed by atoms with van der Waals surface area (Å²) in [5, 5.41) is 0. The zero-order valence-corrected chi connectivity index (χ0v) is 18.7. The summed E-state index contributed by atoms with van der Waals surface area (Å²) in [6, 6.07) is 21.4. The molecule has 3 heterocycles. The topological polar surface area (TPSA) is 56.8 Å². The molecule has 0 bridgehead atoms. The first-order valence-electron chi connectivity index (χ1n) is 11.4. The number of pyridine rings is 1. The van der Waals surface area contributed by atoms with E-state index in [1.54, 1.807) is 30.5 Å². The predicted octanol–water partition coefficient (Wildman–Crippen LogP) is 3.32. The molecule has 3 aromatic rings. The van der Waals surface area contributed by atoms with E-state index < -0.39 is 0 Å². The Morgan fingerprint density at radius 2 is 1.47 bits per heavy atom. The minimum absolute atomic E-state index is 0.0979.